The molecule has 0 spiro atoms. The van der Waals surface area contributed by atoms with Crippen LogP contribution in [-0.2, 0) is 0 Å². The molecule has 4 aromatic rings. The Kier molecular flexibility index (Phi) is 5.30. The third-order valence-corrected chi connectivity index (χ3v) is 6.36. The third-order valence-electron chi connectivity index (χ3n) is 5.51. The van der Waals surface area contributed by atoms with Gasteiger partial charge in [0.05, 0.1) is 21.8 Å². The Morgan fingerprint density at radius 1 is 1.16 bits per heavy atom. The van der Waals surface area contributed by atoms with Gasteiger partial charge in [-0.25, -0.2) is 9.97 Å². The summed E-state index contributed by atoms with van der Waals surface area (Å²) in [5, 5.41) is 5.97. The average molecular weight is 432 g/mol. The molecule has 0 radical (unpaired) electrons. The van der Waals surface area contributed by atoms with Gasteiger partial charge in [0.1, 0.15) is 5.69 Å². The fourth-order valence-corrected chi connectivity index (χ4v) is 4.61. The molecule has 1 aliphatic heterocycles. The molecule has 1 amide bonds. The van der Waals surface area contributed by atoms with Crippen LogP contribution in [0.4, 0.5) is 0 Å². The number of hydrogen-bond acceptors (Lipinski definition) is 7. The molecule has 8 heteroatoms. The van der Waals surface area contributed by atoms with Crippen LogP contribution in [0.15, 0.2) is 58.7 Å². The maximum absolute atomic E-state index is 12.7. The predicted molar refractivity (Wildman–Crippen MR) is 118 cm³/mol. The fraction of sp³-hybridized carbons (Fsp3) is 0.261. The maximum Gasteiger partial charge on any atom is 0.263 e. The molecule has 0 unspecified atom stereocenters. The predicted octanol–water partition coefficient (Wildman–Crippen LogP) is 4.58. The molecule has 31 heavy (non-hydrogen) atoms. The van der Waals surface area contributed by atoms with Crippen molar-refractivity contribution in [3.63, 3.8) is 0 Å². The summed E-state index contributed by atoms with van der Waals surface area (Å²) in [6.45, 7) is 3.28. The average Bonchev–Trinajstić information content (AvgIpc) is 3.51. The second-order valence-electron chi connectivity index (χ2n) is 7.58. The number of carbonyl (C=O) groups excluding carboxylic acids is 1. The number of amides is 1. The first-order valence-electron chi connectivity index (χ1n) is 10.2. The molecule has 4 aromatic heterocycles. The molecule has 0 bridgehead atoms. The summed E-state index contributed by atoms with van der Waals surface area (Å²) >= 11 is 1.49. The molecule has 156 valence electrons. The van der Waals surface area contributed by atoms with Crippen molar-refractivity contribution in [3.8, 4) is 22.8 Å². The number of likely N-dealkylation sites (tertiary alicyclic amines) is 1. The van der Waals surface area contributed by atoms with Gasteiger partial charge in [-0.3, -0.25) is 9.78 Å². The fourth-order valence-electron chi connectivity index (χ4n) is 3.92. The number of thiophene rings is 1. The normalized spacial score (nSPS) is 14.7. The van der Waals surface area contributed by atoms with Gasteiger partial charge >= 0.3 is 0 Å². The number of aromatic nitrogens is 4. The first kappa shape index (κ1) is 19.6. The molecular formula is C23H21N5O2S. The summed E-state index contributed by atoms with van der Waals surface area (Å²) in [6, 6.07) is 11.4. The Labute approximate surface area is 183 Å². The van der Waals surface area contributed by atoms with E-state index in [4.69, 9.17) is 9.51 Å². The van der Waals surface area contributed by atoms with Crippen molar-refractivity contribution >= 4 is 17.2 Å². The number of pyridine rings is 1. The lowest BCUT2D eigenvalue weighted by molar-refractivity contribution is 0.0717. The van der Waals surface area contributed by atoms with Crippen LogP contribution < -0.4 is 0 Å². The van der Waals surface area contributed by atoms with E-state index in [0.717, 1.165) is 40.4 Å². The summed E-state index contributed by atoms with van der Waals surface area (Å²) < 4.78 is 5.53. The topological polar surface area (TPSA) is 85.0 Å². The summed E-state index contributed by atoms with van der Waals surface area (Å²) in [6.07, 6.45) is 5.20. The van der Waals surface area contributed by atoms with Crippen molar-refractivity contribution in [2.24, 2.45) is 0 Å². The SMILES string of the molecule is Cc1cc(-c2cnc(-c3ccccn3)nc2C2CCN(C(=O)c3cccs3)CC2)on1. The zero-order valence-electron chi connectivity index (χ0n) is 17.1. The van der Waals surface area contributed by atoms with Crippen molar-refractivity contribution in [1.29, 1.82) is 0 Å². The molecule has 1 fully saturated rings. The summed E-state index contributed by atoms with van der Waals surface area (Å²) in [5.74, 6) is 1.56. The van der Waals surface area contributed by atoms with Crippen LogP contribution >= 0.6 is 11.3 Å². The Balaban J connectivity index is 1.45. The van der Waals surface area contributed by atoms with E-state index in [9.17, 15) is 4.79 Å². The van der Waals surface area contributed by atoms with Gasteiger partial charge in [-0.05, 0) is 43.3 Å². The first-order chi connectivity index (χ1) is 15.2. The minimum atomic E-state index is 0.108. The van der Waals surface area contributed by atoms with Crippen LogP contribution in [-0.4, -0.2) is 44.0 Å². The van der Waals surface area contributed by atoms with Gasteiger partial charge in [0, 0.05) is 37.5 Å². The minimum absolute atomic E-state index is 0.108. The van der Waals surface area contributed by atoms with Gasteiger partial charge in [-0.1, -0.05) is 17.3 Å². The first-order valence-corrected chi connectivity index (χ1v) is 11.1. The lowest BCUT2D eigenvalue weighted by atomic mass is 9.90. The number of carbonyl (C=O) groups is 1. The number of piperidine rings is 1. The molecule has 7 nitrogen and oxygen atoms in total. The van der Waals surface area contributed by atoms with E-state index in [1.54, 1.807) is 12.4 Å². The van der Waals surface area contributed by atoms with Crippen molar-refractivity contribution in [2.45, 2.75) is 25.7 Å². The van der Waals surface area contributed by atoms with Crippen LogP contribution in [0.2, 0.25) is 0 Å². The number of aryl methyl sites for hydroxylation is 1. The molecule has 0 atom stereocenters. The molecule has 0 aliphatic carbocycles. The van der Waals surface area contributed by atoms with Gasteiger partial charge < -0.3 is 9.42 Å². The van der Waals surface area contributed by atoms with E-state index in [1.807, 2.05) is 53.6 Å². The highest BCUT2D eigenvalue weighted by atomic mass is 32.1. The van der Waals surface area contributed by atoms with Crippen LogP contribution in [0.25, 0.3) is 22.8 Å². The van der Waals surface area contributed by atoms with Crippen LogP contribution in [0, 0.1) is 6.92 Å². The van der Waals surface area contributed by atoms with E-state index < -0.39 is 0 Å². The third kappa shape index (κ3) is 3.98. The maximum atomic E-state index is 12.7. The van der Waals surface area contributed by atoms with E-state index >= 15 is 0 Å². The molecule has 0 N–H and O–H groups in total. The molecule has 1 aliphatic rings. The van der Waals surface area contributed by atoms with Crippen molar-refractivity contribution in [3.05, 3.63) is 70.4 Å². The minimum Gasteiger partial charge on any atom is -0.356 e. The Morgan fingerprint density at radius 3 is 2.71 bits per heavy atom. The van der Waals surface area contributed by atoms with Crippen molar-refractivity contribution in [1.82, 2.24) is 25.0 Å². The standard InChI is InChI=1S/C23H21N5O2S/c1-15-13-19(30-27-15)17-14-25-22(18-5-2-3-9-24-18)26-21(17)16-7-10-28(11-8-16)23(29)20-6-4-12-31-20/h2-6,9,12-14,16H,7-8,10-11H2,1H3. The number of nitrogens with zero attached hydrogens (tertiary/aromatic N) is 5. The summed E-state index contributed by atoms with van der Waals surface area (Å²) in [4.78, 5) is 29.3. The molecule has 0 aromatic carbocycles. The lowest BCUT2D eigenvalue weighted by Gasteiger charge is -2.32. The van der Waals surface area contributed by atoms with E-state index in [2.05, 4.69) is 15.1 Å². The summed E-state index contributed by atoms with van der Waals surface area (Å²) in [7, 11) is 0. The number of hydrogen-bond donors (Lipinski definition) is 0. The van der Waals surface area contributed by atoms with E-state index in [0.29, 0.717) is 24.7 Å². The van der Waals surface area contributed by atoms with Crippen LogP contribution in [0.5, 0.6) is 0 Å². The highest BCUT2D eigenvalue weighted by Gasteiger charge is 2.29. The summed E-state index contributed by atoms with van der Waals surface area (Å²) in [5.41, 5.74) is 3.32. The highest BCUT2D eigenvalue weighted by Crippen LogP contribution is 2.35. The van der Waals surface area contributed by atoms with E-state index in [-0.39, 0.29) is 11.8 Å². The van der Waals surface area contributed by atoms with Crippen LogP contribution in [0.1, 0.15) is 39.8 Å². The second kappa shape index (κ2) is 8.39. The smallest absolute Gasteiger partial charge is 0.263 e. The zero-order valence-corrected chi connectivity index (χ0v) is 17.9. The number of rotatable bonds is 4. The highest BCUT2D eigenvalue weighted by molar-refractivity contribution is 7.12. The molecule has 0 saturated carbocycles. The quantitative estimate of drug-likeness (QED) is 0.470. The van der Waals surface area contributed by atoms with Gasteiger partial charge in [-0.2, -0.15) is 0 Å². The van der Waals surface area contributed by atoms with E-state index in [1.165, 1.54) is 11.3 Å². The Morgan fingerprint density at radius 2 is 2.03 bits per heavy atom. The molecule has 5 heterocycles. The van der Waals surface area contributed by atoms with Crippen LogP contribution in [0.3, 0.4) is 0 Å². The van der Waals surface area contributed by atoms with Gasteiger partial charge in [0.15, 0.2) is 11.6 Å². The van der Waals surface area contributed by atoms with Crippen molar-refractivity contribution < 1.29 is 9.32 Å². The Bertz CT molecular complexity index is 1180. The van der Waals surface area contributed by atoms with Gasteiger partial charge in [-0.15, -0.1) is 11.3 Å². The monoisotopic (exact) mass is 431 g/mol. The largest absolute Gasteiger partial charge is 0.356 e. The second-order valence-corrected chi connectivity index (χ2v) is 8.53. The Hall–Kier alpha value is -3.39. The zero-order chi connectivity index (χ0) is 21.2. The van der Waals surface area contributed by atoms with Gasteiger partial charge in [0.2, 0.25) is 0 Å². The van der Waals surface area contributed by atoms with Gasteiger partial charge in [0.25, 0.3) is 5.91 Å². The van der Waals surface area contributed by atoms with Crippen molar-refractivity contribution in [2.75, 3.05) is 13.1 Å². The molecular weight excluding hydrogens is 410 g/mol. The molecule has 5 rings (SSSR count). The molecule has 1 saturated heterocycles. The lowest BCUT2D eigenvalue weighted by Crippen LogP contribution is -2.37.